The Balaban J connectivity index is 2.12. The van der Waals surface area contributed by atoms with Crippen LogP contribution in [0.1, 0.15) is 46.0 Å². The van der Waals surface area contributed by atoms with E-state index in [1.165, 1.54) is 12.8 Å². The molecule has 2 unspecified atom stereocenters. The third kappa shape index (κ3) is 7.33. The predicted molar refractivity (Wildman–Crippen MR) is 77.8 cm³/mol. The van der Waals surface area contributed by atoms with Gasteiger partial charge in [0.05, 0.1) is 0 Å². The van der Waals surface area contributed by atoms with Crippen molar-refractivity contribution in [2.45, 2.75) is 58.0 Å². The number of likely N-dealkylation sites (tertiary alicyclic amines) is 1. The fourth-order valence-corrected chi connectivity index (χ4v) is 2.52. The van der Waals surface area contributed by atoms with Gasteiger partial charge in [-0.1, -0.05) is 0 Å². The minimum absolute atomic E-state index is 0.00617. The highest BCUT2D eigenvalue weighted by atomic mass is 16.4. The SMILES string of the molecule is CC(CCCC(=O)O)NC(=O)NC(C)CN1CCCC1. The molecule has 0 aromatic heterocycles. The largest absolute Gasteiger partial charge is 0.481 e. The van der Waals surface area contributed by atoms with Crippen LogP contribution in [0.25, 0.3) is 0 Å². The highest BCUT2D eigenvalue weighted by Gasteiger charge is 2.16. The van der Waals surface area contributed by atoms with Crippen molar-refractivity contribution in [2.24, 2.45) is 0 Å². The van der Waals surface area contributed by atoms with E-state index in [2.05, 4.69) is 15.5 Å². The lowest BCUT2D eigenvalue weighted by atomic mass is 10.1. The Kier molecular flexibility index (Phi) is 7.36. The smallest absolute Gasteiger partial charge is 0.315 e. The van der Waals surface area contributed by atoms with Crippen molar-refractivity contribution < 1.29 is 14.7 Å². The van der Waals surface area contributed by atoms with Gasteiger partial charge in [-0.25, -0.2) is 4.79 Å². The van der Waals surface area contributed by atoms with Crippen molar-refractivity contribution >= 4 is 12.0 Å². The summed E-state index contributed by atoms with van der Waals surface area (Å²) in [6, 6.07) is -0.0489. The first-order chi connectivity index (χ1) is 9.47. The highest BCUT2D eigenvalue weighted by molar-refractivity contribution is 5.74. The summed E-state index contributed by atoms with van der Waals surface area (Å²) in [5, 5.41) is 14.3. The average molecular weight is 285 g/mol. The molecule has 0 saturated carbocycles. The van der Waals surface area contributed by atoms with Crippen molar-refractivity contribution in [3.63, 3.8) is 0 Å². The van der Waals surface area contributed by atoms with Crippen molar-refractivity contribution in [3.05, 3.63) is 0 Å². The van der Waals surface area contributed by atoms with Gasteiger partial charge in [-0.15, -0.1) is 0 Å². The Morgan fingerprint density at radius 3 is 2.35 bits per heavy atom. The normalized spacial score (nSPS) is 18.5. The number of nitrogens with zero attached hydrogens (tertiary/aromatic N) is 1. The lowest BCUT2D eigenvalue weighted by Gasteiger charge is -2.22. The summed E-state index contributed by atoms with van der Waals surface area (Å²) in [6.45, 7) is 7.04. The summed E-state index contributed by atoms with van der Waals surface area (Å²) in [5.74, 6) is -0.791. The van der Waals surface area contributed by atoms with Crippen LogP contribution in [0.15, 0.2) is 0 Å². The molecule has 0 spiro atoms. The Labute approximate surface area is 120 Å². The van der Waals surface area contributed by atoms with Crippen LogP contribution >= 0.6 is 0 Å². The minimum atomic E-state index is -0.791. The summed E-state index contributed by atoms with van der Waals surface area (Å²) in [4.78, 5) is 24.5. The first kappa shape index (κ1) is 16.8. The highest BCUT2D eigenvalue weighted by Crippen LogP contribution is 2.07. The molecule has 20 heavy (non-hydrogen) atoms. The van der Waals surface area contributed by atoms with Gasteiger partial charge in [0.2, 0.25) is 0 Å². The molecule has 3 N–H and O–H groups in total. The second-order valence-corrected chi connectivity index (χ2v) is 5.71. The van der Waals surface area contributed by atoms with E-state index in [1.54, 1.807) is 0 Å². The fraction of sp³-hybridized carbons (Fsp3) is 0.857. The number of aliphatic carboxylic acids is 1. The van der Waals surface area contributed by atoms with E-state index in [0.717, 1.165) is 19.6 Å². The van der Waals surface area contributed by atoms with E-state index in [-0.39, 0.29) is 24.5 Å². The second-order valence-electron chi connectivity index (χ2n) is 5.71. The first-order valence-corrected chi connectivity index (χ1v) is 7.48. The molecule has 1 aliphatic rings. The molecule has 0 bridgehead atoms. The molecule has 6 heteroatoms. The molecule has 1 aliphatic heterocycles. The van der Waals surface area contributed by atoms with E-state index in [9.17, 15) is 9.59 Å². The number of amides is 2. The number of carboxylic acid groups (broad SMARTS) is 1. The molecule has 2 amide bonds. The van der Waals surface area contributed by atoms with Crippen molar-refractivity contribution in [3.8, 4) is 0 Å². The summed E-state index contributed by atoms with van der Waals surface area (Å²) in [7, 11) is 0. The molecular weight excluding hydrogens is 258 g/mol. The molecule has 1 saturated heterocycles. The van der Waals surface area contributed by atoms with Gasteiger partial charge >= 0.3 is 12.0 Å². The number of rotatable bonds is 8. The minimum Gasteiger partial charge on any atom is -0.481 e. The number of nitrogens with one attached hydrogen (secondary N) is 2. The maximum Gasteiger partial charge on any atom is 0.315 e. The molecule has 116 valence electrons. The van der Waals surface area contributed by atoms with Crippen LogP contribution in [-0.4, -0.2) is 53.7 Å². The zero-order valence-corrected chi connectivity index (χ0v) is 12.5. The van der Waals surface area contributed by atoms with Gasteiger partial charge in [0.25, 0.3) is 0 Å². The van der Waals surface area contributed by atoms with Gasteiger partial charge in [0, 0.05) is 25.0 Å². The average Bonchev–Trinajstić information content (AvgIpc) is 2.80. The van der Waals surface area contributed by atoms with Crippen LogP contribution in [0, 0.1) is 0 Å². The Hall–Kier alpha value is -1.30. The zero-order chi connectivity index (χ0) is 15.0. The molecule has 1 fully saturated rings. The van der Waals surface area contributed by atoms with Gasteiger partial charge in [-0.3, -0.25) is 4.79 Å². The summed E-state index contributed by atoms with van der Waals surface area (Å²) >= 11 is 0. The quantitative estimate of drug-likeness (QED) is 0.630. The van der Waals surface area contributed by atoms with E-state index >= 15 is 0 Å². The van der Waals surface area contributed by atoms with Crippen LogP contribution in [-0.2, 0) is 4.79 Å². The van der Waals surface area contributed by atoms with Crippen molar-refractivity contribution in [1.29, 1.82) is 0 Å². The summed E-state index contributed by atoms with van der Waals surface area (Å²) in [6.07, 6.45) is 3.92. The van der Waals surface area contributed by atoms with Crippen LogP contribution < -0.4 is 10.6 Å². The summed E-state index contributed by atoms with van der Waals surface area (Å²) in [5.41, 5.74) is 0. The topological polar surface area (TPSA) is 81.7 Å². The van der Waals surface area contributed by atoms with Gasteiger partial charge in [-0.05, 0) is 52.6 Å². The first-order valence-electron chi connectivity index (χ1n) is 7.48. The van der Waals surface area contributed by atoms with Crippen LogP contribution in [0.2, 0.25) is 0 Å². The number of carbonyl (C=O) groups excluding carboxylic acids is 1. The maximum absolute atomic E-state index is 11.8. The zero-order valence-electron chi connectivity index (χ0n) is 12.5. The molecule has 0 radical (unpaired) electrons. The third-order valence-corrected chi connectivity index (χ3v) is 3.51. The number of hydrogen-bond acceptors (Lipinski definition) is 3. The Morgan fingerprint density at radius 2 is 1.75 bits per heavy atom. The van der Waals surface area contributed by atoms with Crippen molar-refractivity contribution in [2.75, 3.05) is 19.6 Å². The second kappa shape index (κ2) is 8.79. The van der Waals surface area contributed by atoms with E-state index in [0.29, 0.717) is 12.8 Å². The van der Waals surface area contributed by atoms with Gasteiger partial charge in [-0.2, -0.15) is 0 Å². The van der Waals surface area contributed by atoms with Gasteiger partial charge in [0.15, 0.2) is 0 Å². The lowest BCUT2D eigenvalue weighted by Crippen LogP contribution is -2.47. The molecule has 0 aromatic rings. The summed E-state index contributed by atoms with van der Waals surface area (Å²) < 4.78 is 0. The molecule has 6 nitrogen and oxygen atoms in total. The number of carbonyl (C=O) groups is 2. The van der Waals surface area contributed by atoms with Crippen molar-refractivity contribution in [1.82, 2.24) is 15.5 Å². The van der Waals surface area contributed by atoms with Gasteiger partial charge in [0.1, 0.15) is 0 Å². The number of carboxylic acids is 1. The molecule has 1 heterocycles. The lowest BCUT2D eigenvalue weighted by molar-refractivity contribution is -0.137. The monoisotopic (exact) mass is 285 g/mol. The van der Waals surface area contributed by atoms with Gasteiger partial charge < -0.3 is 20.6 Å². The fourth-order valence-electron chi connectivity index (χ4n) is 2.52. The van der Waals surface area contributed by atoms with E-state index in [4.69, 9.17) is 5.11 Å². The van der Waals surface area contributed by atoms with Crippen LogP contribution in [0.4, 0.5) is 4.79 Å². The molecule has 0 aliphatic carbocycles. The van der Waals surface area contributed by atoms with E-state index < -0.39 is 5.97 Å². The maximum atomic E-state index is 11.8. The van der Waals surface area contributed by atoms with E-state index in [1.807, 2.05) is 13.8 Å². The molecule has 0 aromatic carbocycles. The number of urea groups is 1. The number of hydrogen-bond donors (Lipinski definition) is 3. The Bertz CT molecular complexity index is 317. The van der Waals surface area contributed by atoms with Crippen LogP contribution in [0.3, 0.4) is 0 Å². The standard InChI is InChI=1S/C14H27N3O3/c1-11(6-5-7-13(18)19)15-14(20)16-12(2)10-17-8-3-4-9-17/h11-12H,3-10H2,1-2H3,(H,18,19)(H2,15,16,20). The third-order valence-electron chi connectivity index (χ3n) is 3.51. The molecule has 2 atom stereocenters. The molecular formula is C14H27N3O3. The molecule has 1 rings (SSSR count). The van der Waals surface area contributed by atoms with Crippen LogP contribution in [0.5, 0.6) is 0 Å². The predicted octanol–water partition coefficient (Wildman–Crippen LogP) is 1.41. The Morgan fingerprint density at radius 1 is 1.15 bits per heavy atom.